The van der Waals surface area contributed by atoms with Crippen LogP contribution in [0.1, 0.15) is 33.9 Å². The molecule has 2 aromatic heterocycles. The van der Waals surface area contributed by atoms with Gasteiger partial charge in [0.1, 0.15) is 0 Å². The van der Waals surface area contributed by atoms with Crippen molar-refractivity contribution < 1.29 is 9.53 Å². The average Bonchev–Trinajstić information content (AvgIpc) is 3.17. The van der Waals surface area contributed by atoms with Gasteiger partial charge in [0.05, 0.1) is 23.6 Å². The molecule has 2 heterocycles. The average molecular weight is 445 g/mol. The Hall–Kier alpha value is -3.35. The Balaban J connectivity index is 1.60. The first-order chi connectivity index (χ1) is 15.6. The van der Waals surface area contributed by atoms with Gasteiger partial charge in [0.2, 0.25) is 0 Å². The van der Waals surface area contributed by atoms with Crippen LogP contribution in [0.25, 0.3) is 22.9 Å². The quantitative estimate of drug-likeness (QED) is 0.431. The summed E-state index contributed by atoms with van der Waals surface area (Å²) in [5.41, 5.74) is 5.31. The Kier molecular flexibility index (Phi) is 5.55. The van der Waals surface area contributed by atoms with E-state index in [1.807, 2.05) is 54.6 Å². The maximum absolute atomic E-state index is 12.9. The Labute approximate surface area is 190 Å². The molecule has 160 valence electrons. The fourth-order valence-corrected chi connectivity index (χ4v) is 4.36. The highest BCUT2D eigenvalue weighted by molar-refractivity contribution is 6.30. The molecule has 7 heteroatoms. The number of ether oxygens (including phenoxy) is 1. The van der Waals surface area contributed by atoms with Crippen molar-refractivity contribution in [1.29, 1.82) is 0 Å². The van der Waals surface area contributed by atoms with Gasteiger partial charge in [-0.15, -0.1) is 10.2 Å². The number of hydrogen-bond acceptors (Lipinski definition) is 5. The summed E-state index contributed by atoms with van der Waals surface area (Å²) in [4.78, 5) is 12.9. The van der Waals surface area contributed by atoms with Gasteiger partial charge in [0.15, 0.2) is 17.1 Å². The second-order valence-electron chi connectivity index (χ2n) is 7.86. The number of halogens is 1. The molecular weight excluding hydrogens is 424 g/mol. The van der Waals surface area contributed by atoms with Gasteiger partial charge < -0.3 is 4.74 Å². The number of hydrogen-bond donors (Lipinski definition) is 0. The van der Waals surface area contributed by atoms with E-state index in [-0.39, 0.29) is 11.7 Å². The van der Waals surface area contributed by atoms with Crippen molar-refractivity contribution in [2.24, 2.45) is 5.92 Å². The van der Waals surface area contributed by atoms with E-state index in [9.17, 15) is 4.79 Å². The van der Waals surface area contributed by atoms with E-state index in [0.717, 1.165) is 28.1 Å². The summed E-state index contributed by atoms with van der Waals surface area (Å²) in [6, 6.07) is 17.6. The van der Waals surface area contributed by atoms with Gasteiger partial charge in [-0.3, -0.25) is 4.79 Å². The molecule has 0 saturated carbocycles. The molecule has 0 amide bonds. The fourth-order valence-electron chi connectivity index (χ4n) is 4.17. The summed E-state index contributed by atoms with van der Waals surface area (Å²) in [6.07, 6.45) is 5.22. The number of benzene rings is 2. The zero-order chi connectivity index (χ0) is 22.1. The number of allylic oxidation sites excluding steroid dienone is 1. The molecule has 1 unspecified atom stereocenters. The molecule has 6 nitrogen and oxygen atoms in total. The zero-order valence-electron chi connectivity index (χ0n) is 17.5. The van der Waals surface area contributed by atoms with Crippen LogP contribution in [0.5, 0.6) is 0 Å². The molecule has 2 aromatic carbocycles. The van der Waals surface area contributed by atoms with Crippen LogP contribution >= 0.6 is 11.6 Å². The summed E-state index contributed by atoms with van der Waals surface area (Å²) < 4.78 is 7.15. The van der Waals surface area contributed by atoms with Crippen LogP contribution in [-0.4, -0.2) is 32.7 Å². The molecule has 0 bridgehead atoms. The van der Waals surface area contributed by atoms with Crippen molar-refractivity contribution >= 4 is 29.1 Å². The maximum Gasteiger partial charge on any atom is 0.185 e. The lowest BCUT2D eigenvalue weighted by molar-refractivity contribution is 0.0950. The number of ketones is 1. The van der Waals surface area contributed by atoms with Crippen LogP contribution in [-0.2, 0) is 17.8 Å². The molecule has 0 spiro atoms. The van der Waals surface area contributed by atoms with Crippen molar-refractivity contribution in [3.8, 4) is 11.1 Å². The third-order valence-corrected chi connectivity index (χ3v) is 5.86. The molecule has 0 aliphatic heterocycles. The Morgan fingerprint density at radius 1 is 1.12 bits per heavy atom. The molecule has 4 aromatic rings. The molecule has 0 radical (unpaired) electrons. The lowest BCUT2D eigenvalue weighted by Crippen LogP contribution is -2.24. The number of methoxy groups -OCH3 is 1. The van der Waals surface area contributed by atoms with Gasteiger partial charge in [0.25, 0.3) is 0 Å². The van der Waals surface area contributed by atoms with E-state index in [1.54, 1.807) is 11.6 Å². The minimum Gasteiger partial charge on any atom is -0.378 e. The first-order valence-electron chi connectivity index (χ1n) is 10.4. The largest absolute Gasteiger partial charge is 0.378 e. The van der Waals surface area contributed by atoms with Gasteiger partial charge >= 0.3 is 0 Å². The highest BCUT2D eigenvalue weighted by Crippen LogP contribution is 2.33. The van der Waals surface area contributed by atoms with Crippen molar-refractivity contribution in [1.82, 2.24) is 19.8 Å². The first-order valence-corrected chi connectivity index (χ1v) is 10.8. The van der Waals surface area contributed by atoms with Crippen molar-refractivity contribution in [2.45, 2.75) is 19.4 Å². The SMILES string of the molecule is COCc1nn2c3c(nnc2c1-c1cccc(Cl)c1)C(=O)CC(/C=C/c1ccccc1)C3. The second kappa shape index (κ2) is 8.65. The monoisotopic (exact) mass is 444 g/mol. The van der Waals surface area contributed by atoms with Crippen molar-refractivity contribution in [3.05, 3.63) is 88.3 Å². The highest BCUT2D eigenvalue weighted by atomic mass is 35.5. The summed E-state index contributed by atoms with van der Waals surface area (Å²) >= 11 is 6.23. The topological polar surface area (TPSA) is 69.4 Å². The lowest BCUT2D eigenvalue weighted by Gasteiger charge is -2.20. The van der Waals surface area contributed by atoms with Crippen LogP contribution in [0.15, 0.2) is 60.7 Å². The highest BCUT2D eigenvalue weighted by Gasteiger charge is 2.30. The van der Waals surface area contributed by atoms with E-state index < -0.39 is 0 Å². The van der Waals surface area contributed by atoms with E-state index in [0.29, 0.717) is 35.8 Å². The number of nitrogens with zero attached hydrogens (tertiary/aromatic N) is 4. The van der Waals surface area contributed by atoms with Crippen LogP contribution in [0, 0.1) is 5.92 Å². The number of fused-ring (bicyclic) bond motifs is 3. The minimum atomic E-state index is -0.0172. The summed E-state index contributed by atoms with van der Waals surface area (Å²) in [6.45, 7) is 0.311. The van der Waals surface area contributed by atoms with E-state index in [1.165, 1.54) is 0 Å². The number of Topliss-reactive ketones (excluding diaryl/α,β-unsaturated/α-hetero) is 1. The Morgan fingerprint density at radius 2 is 1.97 bits per heavy atom. The van der Waals surface area contributed by atoms with E-state index in [4.69, 9.17) is 21.4 Å². The molecule has 32 heavy (non-hydrogen) atoms. The van der Waals surface area contributed by atoms with E-state index in [2.05, 4.69) is 22.3 Å². The third kappa shape index (κ3) is 3.83. The zero-order valence-corrected chi connectivity index (χ0v) is 18.3. The molecule has 1 atom stereocenters. The number of carbonyl (C=O) groups is 1. The predicted molar refractivity (Wildman–Crippen MR) is 124 cm³/mol. The molecule has 1 aliphatic rings. The molecule has 1 aliphatic carbocycles. The number of carbonyl (C=O) groups excluding carboxylic acids is 1. The minimum absolute atomic E-state index is 0.0172. The van der Waals surface area contributed by atoms with E-state index >= 15 is 0 Å². The van der Waals surface area contributed by atoms with Crippen LogP contribution < -0.4 is 0 Å². The summed E-state index contributed by atoms with van der Waals surface area (Å²) in [5.74, 6) is 0.0451. The molecule has 0 fully saturated rings. The third-order valence-electron chi connectivity index (χ3n) is 5.63. The van der Waals surface area contributed by atoms with Gasteiger partial charge in [-0.05, 0) is 35.6 Å². The Morgan fingerprint density at radius 3 is 2.75 bits per heavy atom. The van der Waals surface area contributed by atoms with Crippen molar-refractivity contribution in [3.63, 3.8) is 0 Å². The Bertz CT molecular complexity index is 1330. The van der Waals surface area contributed by atoms with Crippen molar-refractivity contribution in [2.75, 3.05) is 7.11 Å². The van der Waals surface area contributed by atoms with Gasteiger partial charge in [-0.2, -0.15) is 5.10 Å². The number of aromatic nitrogens is 4. The van der Waals surface area contributed by atoms with Gasteiger partial charge in [0, 0.05) is 18.6 Å². The smallest absolute Gasteiger partial charge is 0.185 e. The standard InChI is InChI=1S/C25H21ClN4O2/c1-32-15-20-23(18-8-5-9-19(26)14-18)25-28-27-24-21(30(25)29-20)12-17(13-22(24)31)11-10-16-6-3-2-4-7-16/h2-11,14,17H,12-13,15H2,1H3/b11-10+. The van der Waals surface area contributed by atoms with Crippen LogP contribution in [0.3, 0.4) is 0 Å². The molecular formula is C25H21ClN4O2. The summed E-state index contributed by atoms with van der Waals surface area (Å²) in [5, 5.41) is 14.1. The lowest BCUT2D eigenvalue weighted by atomic mass is 9.88. The van der Waals surface area contributed by atoms with Gasteiger partial charge in [-0.1, -0.05) is 66.2 Å². The molecule has 5 rings (SSSR count). The summed E-state index contributed by atoms with van der Waals surface area (Å²) in [7, 11) is 1.63. The predicted octanol–water partition coefficient (Wildman–Crippen LogP) is 5.05. The molecule has 0 N–H and O–H groups in total. The normalized spacial score (nSPS) is 16.1. The number of rotatable bonds is 5. The van der Waals surface area contributed by atoms with Gasteiger partial charge in [-0.25, -0.2) is 4.52 Å². The van der Waals surface area contributed by atoms with Crippen LogP contribution in [0.2, 0.25) is 5.02 Å². The second-order valence-corrected chi connectivity index (χ2v) is 8.29. The molecule has 0 saturated heterocycles. The first kappa shape index (κ1) is 20.5. The fraction of sp³-hybridized carbons (Fsp3) is 0.200. The maximum atomic E-state index is 12.9. The van der Waals surface area contributed by atoms with Crippen LogP contribution in [0.4, 0.5) is 0 Å².